The summed E-state index contributed by atoms with van der Waals surface area (Å²) in [6.45, 7) is 4.26. The highest BCUT2D eigenvalue weighted by Crippen LogP contribution is 2.61. The van der Waals surface area contributed by atoms with Gasteiger partial charge in [0, 0.05) is 23.5 Å². The molecule has 4 aromatic rings. The third-order valence-corrected chi connectivity index (χ3v) is 5.95. The predicted octanol–water partition coefficient (Wildman–Crippen LogP) is 5.56. The van der Waals surface area contributed by atoms with Crippen LogP contribution in [0.5, 0.6) is 11.5 Å². The van der Waals surface area contributed by atoms with Gasteiger partial charge >= 0.3 is 0 Å². The second kappa shape index (κ2) is 5.29. The van der Waals surface area contributed by atoms with Gasteiger partial charge in [0.1, 0.15) is 11.5 Å². The van der Waals surface area contributed by atoms with E-state index in [0.717, 1.165) is 34.0 Å². The van der Waals surface area contributed by atoms with Gasteiger partial charge in [0.25, 0.3) is 0 Å². The molecule has 2 aliphatic rings. The van der Waals surface area contributed by atoms with Crippen molar-refractivity contribution in [3.63, 3.8) is 0 Å². The molecule has 0 unspecified atom stereocenters. The van der Waals surface area contributed by atoms with E-state index in [0.29, 0.717) is 0 Å². The van der Waals surface area contributed by atoms with Gasteiger partial charge < -0.3 is 4.74 Å². The number of rotatable bonds is 0. The highest BCUT2D eigenvalue weighted by Gasteiger charge is 2.52. The second-order valence-corrected chi connectivity index (χ2v) is 7.65. The maximum atomic E-state index is 6.36. The molecule has 6 rings (SSSR count). The zero-order valence-electron chi connectivity index (χ0n) is 15.7. The predicted molar refractivity (Wildman–Crippen MR) is 109 cm³/mol. The Kier molecular flexibility index (Phi) is 2.95. The SMILES string of the molecule is Cc1ccc2c(c1)C1(c3cc(C)ccc3O2)c2cccnc2-c2ncccc21. The van der Waals surface area contributed by atoms with Gasteiger partial charge in [-0.2, -0.15) is 0 Å². The quantitative estimate of drug-likeness (QED) is 0.355. The number of fused-ring (bicyclic) bond motifs is 9. The van der Waals surface area contributed by atoms with Gasteiger partial charge in [-0.05, 0) is 49.2 Å². The molecular formula is C25H18N2O. The minimum absolute atomic E-state index is 0.464. The smallest absolute Gasteiger partial charge is 0.132 e. The summed E-state index contributed by atoms with van der Waals surface area (Å²) in [5.41, 5.74) is 8.53. The van der Waals surface area contributed by atoms with Crippen molar-refractivity contribution in [2.75, 3.05) is 0 Å². The zero-order chi connectivity index (χ0) is 18.9. The Morgan fingerprint density at radius 3 is 1.64 bits per heavy atom. The Morgan fingerprint density at radius 2 is 1.14 bits per heavy atom. The molecule has 28 heavy (non-hydrogen) atoms. The molecule has 0 N–H and O–H groups in total. The fourth-order valence-electron chi connectivity index (χ4n) is 4.83. The summed E-state index contributed by atoms with van der Waals surface area (Å²) in [4.78, 5) is 9.48. The zero-order valence-corrected chi connectivity index (χ0v) is 15.7. The van der Waals surface area contributed by atoms with Gasteiger partial charge in [-0.3, -0.25) is 9.97 Å². The van der Waals surface area contributed by atoms with Crippen LogP contribution in [0, 0.1) is 13.8 Å². The molecule has 2 aromatic carbocycles. The first kappa shape index (κ1) is 15.6. The van der Waals surface area contributed by atoms with Crippen molar-refractivity contribution in [2.45, 2.75) is 19.3 Å². The summed E-state index contributed by atoms with van der Waals surface area (Å²) in [5.74, 6) is 1.79. The van der Waals surface area contributed by atoms with E-state index in [-0.39, 0.29) is 0 Å². The Morgan fingerprint density at radius 1 is 0.643 bits per heavy atom. The maximum Gasteiger partial charge on any atom is 0.132 e. The summed E-state index contributed by atoms with van der Waals surface area (Å²) in [6, 6.07) is 21.3. The van der Waals surface area contributed by atoms with E-state index in [4.69, 9.17) is 14.7 Å². The molecule has 0 bridgehead atoms. The largest absolute Gasteiger partial charge is 0.457 e. The molecular weight excluding hydrogens is 344 g/mol. The lowest BCUT2D eigenvalue weighted by Crippen LogP contribution is -2.32. The molecule has 1 spiro atoms. The molecule has 3 heterocycles. The van der Waals surface area contributed by atoms with Crippen molar-refractivity contribution in [1.29, 1.82) is 0 Å². The maximum absolute atomic E-state index is 6.36. The van der Waals surface area contributed by atoms with Gasteiger partial charge in [0.15, 0.2) is 0 Å². The summed E-state index contributed by atoms with van der Waals surface area (Å²) >= 11 is 0. The first-order chi connectivity index (χ1) is 13.7. The summed E-state index contributed by atoms with van der Waals surface area (Å²) < 4.78 is 6.36. The van der Waals surface area contributed by atoms with E-state index in [1.807, 2.05) is 24.5 Å². The number of aromatic nitrogens is 2. The van der Waals surface area contributed by atoms with Crippen LogP contribution in [0.4, 0.5) is 0 Å². The Bertz CT molecular complexity index is 1180. The van der Waals surface area contributed by atoms with E-state index < -0.39 is 5.41 Å². The summed E-state index contributed by atoms with van der Waals surface area (Å²) in [5, 5.41) is 0. The second-order valence-electron chi connectivity index (χ2n) is 7.65. The Hall–Kier alpha value is -3.46. The molecule has 1 aliphatic heterocycles. The molecule has 0 saturated carbocycles. The van der Waals surface area contributed by atoms with Crippen molar-refractivity contribution in [2.24, 2.45) is 0 Å². The van der Waals surface area contributed by atoms with Crippen LogP contribution >= 0.6 is 0 Å². The molecule has 1 aliphatic carbocycles. The molecule has 2 aromatic heterocycles. The number of benzene rings is 2. The lowest BCUT2D eigenvalue weighted by Gasteiger charge is -2.39. The van der Waals surface area contributed by atoms with Gasteiger partial charge in [-0.1, -0.05) is 47.5 Å². The number of nitrogens with zero attached hydrogens (tertiary/aromatic N) is 2. The number of hydrogen-bond acceptors (Lipinski definition) is 3. The van der Waals surface area contributed by atoms with E-state index in [2.05, 4.69) is 62.4 Å². The number of aryl methyl sites for hydroxylation is 2. The number of hydrogen-bond donors (Lipinski definition) is 0. The minimum atomic E-state index is -0.464. The molecule has 0 atom stereocenters. The Labute approximate surface area is 163 Å². The van der Waals surface area contributed by atoms with Crippen molar-refractivity contribution >= 4 is 0 Å². The highest BCUT2D eigenvalue weighted by atomic mass is 16.5. The molecule has 3 heteroatoms. The molecule has 0 saturated heterocycles. The van der Waals surface area contributed by atoms with E-state index in [1.165, 1.54) is 22.3 Å². The average Bonchev–Trinajstić information content (AvgIpc) is 3.01. The minimum Gasteiger partial charge on any atom is -0.457 e. The molecule has 0 fully saturated rings. The number of ether oxygens (including phenoxy) is 1. The fraction of sp³-hybridized carbons (Fsp3) is 0.120. The van der Waals surface area contributed by atoms with E-state index in [9.17, 15) is 0 Å². The van der Waals surface area contributed by atoms with Crippen molar-refractivity contribution < 1.29 is 4.74 Å². The lowest BCUT2D eigenvalue weighted by atomic mass is 9.66. The lowest BCUT2D eigenvalue weighted by molar-refractivity contribution is 0.435. The van der Waals surface area contributed by atoms with Crippen LogP contribution in [0.1, 0.15) is 33.4 Å². The van der Waals surface area contributed by atoms with E-state index in [1.54, 1.807) is 0 Å². The average molecular weight is 362 g/mol. The number of pyridine rings is 2. The first-order valence-electron chi connectivity index (χ1n) is 9.51. The van der Waals surface area contributed by atoms with Gasteiger partial charge in [0.05, 0.1) is 16.8 Å². The van der Waals surface area contributed by atoms with Crippen molar-refractivity contribution in [3.8, 4) is 22.9 Å². The van der Waals surface area contributed by atoms with E-state index >= 15 is 0 Å². The molecule has 0 amide bonds. The van der Waals surface area contributed by atoms with Crippen LogP contribution in [0.15, 0.2) is 73.1 Å². The van der Waals surface area contributed by atoms with Crippen LogP contribution in [0.25, 0.3) is 11.4 Å². The van der Waals surface area contributed by atoms with Gasteiger partial charge in [0.2, 0.25) is 0 Å². The standard InChI is InChI=1S/C25H18N2O/c1-15-7-9-21-19(13-15)25(20-14-16(2)8-10-22(20)28-21)17-5-3-11-26-23(17)24-18(25)6-4-12-27-24/h3-14H,1-2H3. The normalized spacial score (nSPS) is 14.6. The van der Waals surface area contributed by atoms with Gasteiger partial charge in [-0.15, -0.1) is 0 Å². The summed E-state index contributed by atoms with van der Waals surface area (Å²) in [6.07, 6.45) is 3.70. The fourth-order valence-corrected chi connectivity index (χ4v) is 4.83. The first-order valence-corrected chi connectivity index (χ1v) is 9.51. The third kappa shape index (κ3) is 1.79. The summed E-state index contributed by atoms with van der Waals surface area (Å²) in [7, 11) is 0. The molecule has 0 radical (unpaired) electrons. The molecule has 134 valence electrons. The van der Waals surface area contributed by atoms with Crippen LogP contribution in [0.3, 0.4) is 0 Å². The van der Waals surface area contributed by atoms with Crippen LogP contribution in [-0.4, -0.2) is 9.97 Å². The topological polar surface area (TPSA) is 35.0 Å². The van der Waals surface area contributed by atoms with Crippen LogP contribution < -0.4 is 4.74 Å². The van der Waals surface area contributed by atoms with Crippen LogP contribution in [0.2, 0.25) is 0 Å². The van der Waals surface area contributed by atoms with Crippen LogP contribution in [-0.2, 0) is 5.41 Å². The van der Waals surface area contributed by atoms with Crippen molar-refractivity contribution in [1.82, 2.24) is 9.97 Å². The monoisotopic (exact) mass is 362 g/mol. The Balaban J connectivity index is 1.86. The highest BCUT2D eigenvalue weighted by molar-refractivity contribution is 5.84. The third-order valence-electron chi connectivity index (χ3n) is 5.95. The van der Waals surface area contributed by atoms with Gasteiger partial charge in [-0.25, -0.2) is 0 Å². The van der Waals surface area contributed by atoms with Crippen molar-refractivity contribution in [3.05, 3.63) is 106 Å². The molecule has 3 nitrogen and oxygen atoms in total.